The molecule has 2 amide bonds. The lowest BCUT2D eigenvalue weighted by atomic mass is 10.1. The first-order chi connectivity index (χ1) is 11.6. The molecule has 1 fully saturated rings. The zero-order valence-corrected chi connectivity index (χ0v) is 13.8. The largest absolute Gasteiger partial charge is 0.334 e. The summed E-state index contributed by atoms with van der Waals surface area (Å²) in [6.45, 7) is 3.48. The highest BCUT2D eigenvalue weighted by molar-refractivity contribution is 6.05. The predicted molar refractivity (Wildman–Crippen MR) is 93.4 cm³/mol. The number of likely N-dealkylation sites (N-methyl/N-ethyl adjacent to an activating group) is 1. The van der Waals surface area contributed by atoms with E-state index in [-0.39, 0.29) is 11.8 Å². The third-order valence-corrected chi connectivity index (χ3v) is 4.31. The molecule has 0 aliphatic carbocycles. The lowest BCUT2D eigenvalue weighted by Gasteiger charge is -2.30. The van der Waals surface area contributed by atoms with Gasteiger partial charge in [0.25, 0.3) is 11.8 Å². The summed E-state index contributed by atoms with van der Waals surface area (Å²) >= 11 is 0. The van der Waals surface area contributed by atoms with E-state index in [1.54, 1.807) is 36.4 Å². The Balaban J connectivity index is 1.70. The fourth-order valence-corrected chi connectivity index (χ4v) is 2.80. The summed E-state index contributed by atoms with van der Waals surface area (Å²) in [7, 11) is 2.14. The van der Waals surface area contributed by atoms with Crippen LogP contribution in [0.2, 0.25) is 0 Å². The average Bonchev–Trinajstić information content (AvgIpc) is 2.63. The Kier molecular flexibility index (Phi) is 4.91. The molecule has 1 heterocycles. The van der Waals surface area contributed by atoms with Crippen LogP contribution in [0, 0.1) is 0 Å². The quantitative estimate of drug-likeness (QED) is 0.882. The summed E-state index contributed by atoms with van der Waals surface area (Å²) in [4.78, 5) is 28.2. The topological polar surface area (TPSA) is 53.9 Å². The Morgan fingerprint density at radius 1 is 0.958 bits per heavy atom. The second-order valence-corrected chi connectivity index (χ2v) is 6.15. The number of hydrogen-bond acceptors (Lipinski definition) is 2. The molecular weight excluding hydrogens is 302 g/mol. The molecule has 0 atom stereocenters. The lowest BCUT2D eigenvalue weighted by Crippen LogP contribution is -3.12. The standard InChI is InChI=1S/C19H21N3O2/c1-21-10-12-22(13-11-21)19(24)16-8-5-9-17(14-16)20-18(23)15-6-3-2-4-7-15/h2-9,14H,10-13H2,1H3,(H,20,23)/p+1. The Morgan fingerprint density at radius 2 is 1.62 bits per heavy atom. The summed E-state index contributed by atoms with van der Waals surface area (Å²) < 4.78 is 0. The van der Waals surface area contributed by atoms with E-state index in [0.717, 1.165) is 26.2 Å². The first-order valence-corrected chi connectivity index (χ1v) is 8.20. The average molecular weight is 324 g/mol. The first kappa shape index (κ1) is 16.2. The van der Waals surface area contributed by atoms with Gasteiger partial charge in [0.05, 0.1) is 33.2 Å². The fraction of sp³-hybridized carbons (Fsp3) is 0.263. The minimum absolute atomic E-state index is 0.0262. The number of piperazine rings is 1. The van der Waals surface area contributed by atoms with Gasteiger partial charge in [-0.3, -0.25) is 9.59 Å². The molecule has 0 aromatic heterocycles. The van der Waals surface area contributed by atoms with Crippen LogP contribution in [0.15, 0.2) is 54.6 Å². The van der Waals surface area contributed by atoms with Gasteiger partial charge in [-0.2, -0.15) is 0 Å². The normalized spacial score (nSPS) is 15.1. The Morgan fingerprint density at radius 3 is 2.33 bits per heavy atom. The molecule has 5 nitrogen and oxygen atoms in total. The molecular formula is C19H22N3O2+. The second kappa shape index (κ2) is 7.27. The number of carbonyl (C=O) groups is 2. The molecule has 2 aromatic rings. The minimum Gasteiger partial charge on any atom is -0.334 e. The zero-order valence-electron chi connectivity index (χ0n) is 13.8. The summed E-state index contributed by atoms with van der Waals surface area (Å²) in [6.07, 6.45) is 0. The van der Waals surface area contributed by atoms with Crippen molar-refractivity contribution < 1.29 is 14.5 Å². The number of nitrogens with one attached hydrogen (secondary N) is 2. The maximum atomic E-state index is 12.6. The van der Waals surface area contributed by atoms with E-state index in [4.69, 9.17) is 0 Å². The van der Waals surface area contributed by atoms with Gasteiger partial charge in [-0.25, -0.2) is 0 Å². The van der Waals surface area contributed by atoms with Crippen LogP contribution in [0.3, 0.4) is 0 Å². The maximum absolute atomic E-state index is 12.6. The van der Waals surface area contributed by atoms with Crippen LogP contribution in [0.1, 0.15) is 20.7 Å². The molecule has 0 spiro atoms. The van der Waals surface area contributed by atoms with E-state index in [0.29, 0.717) is 16.8 Å². The van der Waals surface area contributed by atoms with Gasteiger partial charge in [0.15, 0.2) is 0 Å². The molecule has 5 heteroatoms. The van der Waals surface area contributed by atoms with Gasteiger partial charge < -0.3 is 15.1 Å². The van der Waals surface area contributed by atoms with Gasteiger partial charge in [0.2, 0.25) is 0 Å². The van der Waals surface area contributed by atoms with Gasteiger partial charge >= 0.3 is 0 Å². The summed E-state index contributed by atoms with van der Waals surface area (Å²) in [5.74, 6) is -0.151. The molecule has 3 rings (SSSR count). The van der Waals surface area contributed by atoms with Crippen molar-refractivity contribution in [3.05, 3.63) is 65.7 Å². The molecule has 124 valence electrons. The highest BCUT2D eigenvalue weighted by Gasteiger charge is 2.22. The first-order valence-electron chi connectivity index (χ1n) is 8.20. The van der Waals surface area contributed by atoms with Crippen LogP contribution < -0.4 is 10.2 Å². The molecule has 0 radical (unpaired) electrons. The molecule has 0 bridgehead atoms. The zero-order chi connectivity index (χ0) is 16.9. The van der Waals surface area contributed by atoms with Gasteiger partial charge in [-0.05, 0) is 30.3 Å². The van der Waals surface area contributed by atoms with Crippen LogP contribution >= 0.6 is 0 Å². The summed E-state index contributed by atoms with van der Waals surface area (Å²) in [6, 6.07) is 16.2. The summed E-state index contributed by atoms with van der Waals surface area (Å²) in [5.41, 5.74) is 1.84. The maximum Gasteiger partial charge on any atom is 0.255 e. The van der Waals surface area contributed by atoms with Gasteiger partial charge in [-0.1, -0.05) is 24.3 Å². The predicted octanol–water partition coefficient (Wildman–Crippen LogP) is 0.909. The van der Waals surface area contributed by atoms with Gasteiger partial charge in [-0.15, -0.1) is 0 Å². The number of amides is 2. The summed E-state index contributed by atoms with van der Waals surface area (Å²) in [5, 5.41) is 2.85. The van der Waals surface area contributed by atoms with E-state index in [9.17, 15) is 9.59 Å². The lowest BCUT2D eigenvalue weighted by molar-refractivity contribution is -0.883. The monoisotopic (exact) mass is 324 g/mol. The second-order valence-electron chi connectivity index (χ2n) is 6.15. The highest BCUT2D eigenvalue weighted by atomic mass is 16.2. The van der Waals surface area contributed by atoms with Gasteiger partial charge in [0.1, 0.15) is 0 Å². The van der Waals surface area contributed by atoms with Gasteiger partial charge in [0, 0.05) is 16.8 Å². The van der Waals surface area contributed by atoms with Crippen molar-refractivity contribution in [2.24, 2.45) is 0 Å². The smallest absolute Gasteiger partial charge is 0.255 e. The van der Waals surface area contributed by atoms with Crippen molar-refractivity contribution in [3.8, 4) is 0 Å². The molecule has 2 N–H and O–H groups in total. The van der Waals surface area contributed by atoms with Crippen LogP contribution in [-0.2, 0) is 0 Å². The number of benzene rings is 2. The van der Waals surface area contributed by atoms with Crippen molar-refractivity contribution in [1.82, 2.24) is 4.90 Å². The SMILES string of the molecule is C[NH+]1CCN(C(=O)c2cccc(NC(=O)c3ccccc3)c2)CC1. The van der Waals surface area contributed by atoms with E-state index in [1.807, 2.05) is 23.1 Å². The third-order valence-electron chi connectivity index (χ3n) is 4.31. The molecule has 1 aliphatic heterocycles. The molecule has 24 heavy (non-hydrogen) atoms. The van der Waals surface area contributed by atoms with E-state index in [2.05, 4.69) is 12.4 Å². The number of carbonyl (C=O) groups excluding carboxylic acids is 2. The number of rotatable bonds is 3. The fourth-order valence-electron chi connectivity index (χ4n) is 2.80. The van der Waals surface area contributed by atoms with Crippen molar-refractivity contribution in [2.45, 2.75) is 0 Å². The highest BCUT2D eigenvalue weighted by Crippen LogP contribution is 2.14. The number of anilines is 1. The Hall–Kier alpha value is -2.66. The molecule has 1 saturated heterocycles. The molecule has 0 saturated carbocycles. The number of nitrogens with zero attached hydrogens (tertiary/aromatic N) is 1. The van der Waals surface area contributed by atoms with Crippen LogP contribution in [0.4, 0.5) is 5.69 Å². The van der Waals surface area contributed by atoms with Crippen molar-refractivity contribution in [1.29, 1.82) is 0 Å². The van der Waals surface area contributed by atoms with E-state index in [1.165, 1.54) is 4.90 Å². The van der Waals surface area contributed by atoms with Crippen LogP contribution in [-0.4, -0.2) is 49.9 Å². The molecule has 1 aliphatic rings. The molecule has 0 unspecified atom stereocenters. The number of hydrogen-bond donors (Lipinski definition) is 2. The van der Waals surface area contributed by atoms with E-state index >= 15 is 0 Å². The Bertz CT molecular complexity index is 722. The van der Waals surface area contributed by atoms with Crippen molar-refractivity contribution >= 4 is 17.5 Å². The van der Waals surface area contributed by atoms with Crippen molar-refractivity contribution in [3.63, 3.8) is 0 Å². The van der Waals surface area contributed by atoms with Crippen LogP contribution in [0.25, 0.3) is 0 Å². The minimum atomic E-state index is -0.177. The van der Waals surface area contributed by atoms with Crippen molar-refractivity contribution in [2.75, 3.05) is 38.5 Å². The Labute approximate surface area is 141 Å². The third kappa shape index (κ3) is 3.81. The number of quaternary nitrogens is 1. The molecule has 2 aromatic carbocycles. The van der Waals surface area contributed by atoms with Crippen LogP contribution in [0.5, 0.6) is 0 Å². The van der Waals surface area contributed by atoms with E-state index < -0.39 is 0 Å².